The molecule has 15 heavy (non-hydrogen) atoms. The fourth-order valence-corrected chi connectivity index (χ4v) is 2.52. The van der Waals surface area contributed by atoms with E-state index in [1.54, 1.807) is 0 Å². The van der Waals surface area contributed by atoms with Gasteiger partial charge in [-0.05, 0) is 31.9 Å². The molecular formula is C12H21N3. The summed E-state index contributed by atoms with van der Waals surface area (Å²) in [5.41, 5.74) is 2.53. The molecule has 3 heteroatoms. The number of rotatable bonds is 3. The van der Waals surface area contributed by atoms with Crippen LogP contribution in [0.25, 0.3) is 0 Å². The van der Waals surface area contributed by atoms with E-state index in [0.29, 0.717) is 5.92 Å². The van der Waals surface area contributed by atoms with E-state index in [1.165, 1.54) is 24.2 Å². The molecule has 0 saturated carbocycles. The van der Waals surface area contributed by atoms with E-state index in [0.717, 1.165) is 19.0 Å². The zero-order valence-electron chi connectivity index (χ0n) is 9.95. The maximum absolute atomic E-state index is 4.60. The molecule has 0 aliphatic carbocycles. The van der Waals surface area contributed by atoms with Crippen molar-refractivity contribution in [3.63, 3.8) is 0 Å². The van der Waals surface area contributed by atoms with Gasteiger partial charge in [-0.25, -0.2) is 0 Å². The van der Waals surface area contributed by atoms with Gasteiger partial charge in [0, 0.05) is 25.2 Å². The van der Waals surface area contributed by atoms with Crippen LogP contribution >= 0.6 is 0 Å². The van der Waals surface area contributed by atoms with Crippen molar-refractivity contribution in [3.8, 4) is 0 Å². The van der Waals surface area contributed by atoms with Crippen LogP contribution in [0.5, 0.6) is 0 Å². The fraction of sp³-hybridized carbons (Fsp3) is 0.750. The van der Waals surface area contributed by atoms with E-state index in [4.69, 9.17) is 0 Å². The predicted octanol–water partition coefficient (Wildman–Crippen LogP) is 1.83. The molecule has 1 fully saturated rings. The lowest BCUT2D eigenvalue weighted by atomic mass is 9.89. The standard InChI is InChI=1S/C12H21N3/c1-4-5-10-7-13-8-11(10)12-6-9(2)15(3)14-12/h6,10-11,13H,4-5,7-8H2,1-3H3/t10-,11-/m1/s1. The first kappa shape index (κ1) is 10.7. The molecule has 2 rings (SSSR count). The molecule has 2 heterocycles. The predicted molar refractivity (Wildman–Crippen MR) is 62.0 cm³/mol. The van der Waals surface area contributed by atoms with Gasteiger partial charge in [0.25, 0.3) is 0 Å². The number of nitrogens with zero attached hydrogens (tertiary/aromatic N) is 2. The third-order valence-electron chi connectivity index (χ3n) is 3.51. The second-order valence-corrected chi connectivity index (χ2v) is 4.65. The van der Waals surface area contributed by atoms with Crippen LogP contribution in [0.4, 0.5) is 0 Å². The van der Waals surface area contributed by atoms with E-state index < -0.39 is 0 Å². The second-order valence-electron chi connectivity index (χ2n) is 4.65. The van der Waals surface area contributed by atoms with E-state index >= 15 is 0 Å². The van der Waals surface area contributed by atoms with Gasteiger partial charge in [-0.2, -0.15) is 5.10 Å². The summed E-state index contributed by atoms with van der Waals surface area (Å²) in [7, 11) is 2.02. The van der Waals surface area contributed by atoms with Gasteiger partial charge in [-0.3, -0.25) is 4.68 Å². The minimum Gasteiger partial charge on any atom is -0.316 e. The summed E-state index contributed by atoms with van der Waals surface area (Å²) in [6, 6.07) is 2.24. The highest BCUT2D eigenvalue weighted by molar-refractivity contribution is 5.16. The lowest BCUT2D eigenvalue weighted by Crippen LogP contribution is -2.11. The summed E-state index contributed by atoms with van der Waals surface area (Å²) >= 11 is 0. The topological polar surface area (TPSA) is 29.9 Å². The van der Waals surface area contributed by atoms with Crippen molar-refractivity contribution in [2.24, 2.45) is 13.0 Å². The Bertz CT molecular complexity index is 310. The molecule has 1 saturated heterocycles. The average molecular weight is 207 g/mol. The molecule has 1 aromatic heterocycles. The summed E-state index contributed by atoms with van der Waals surface area (Å²) in [4.78, 5) is 0. The second kappa shape index (κ2) is 4.35. The van der Waals surface area contributed by atoms with Crippen molar-refractivity contribution in [3.05, 3.63) is 17.5 Å². The number of aryl methyl sites for hydroxylation is 2. The van der Waals surface area contributed by atoms with Crippen LogP contribution in [0.3, 0.4) is 0 Å². The summed E-state index contributed by atoms with van der Waals surface area (Å²) in [6.45, 7) is 6.64. The minimum atomic E-state index is 0.629. The Morgan fingerprint density at radius 2 is 2.33 bits per heavy atom. The van der Waals surface area contributed by atoms with E-state index in [2.05, 4.69) is 30.3 Å². The molecular weight excluding hydrogens is 186 g/mol. The number of nitrogens with one attached hydrogen (secondary N) is 1. The normalized spacial score (nSPS) is 26.1. The Morgan fingerprint density at radius 1 is 1.53 bits per heavy atom. The van der Waals surface area contributed by atoms with Gasteiger partial charge >= 0.3 is 0 Å². The van der Waals surface area contributed by atoms with Crippen molar-refractivity contribution in [1.29, 1.82) is 0 Å². The van der Waals surface area contributed by atoms with Crippen LogP contribution in [-0.4, -0.2) is 22.9 Å². The van der Waals surface area contributed by atoms with E-state index in [9.17, 15) is 0 Å². The molecule has 2 atom stereocenters. The van der Waals surface area contributed by atoms with Crippen LogP contribution in [0.2, 0.25) is 0 Å². The molecule has 84 valence electrons. The van der Waals surface area contributed by atoms with Gasteiger partial charge in [-0.1, -0.05) is 13.3 Å². The van der Waals surface area contributed by atoms with Crippen molar-refractivity contribution in [2.45, 2.75) is 32.6 Å². The smallest absolute Gasteiger partial charge is 0.0674 e. The van der Waals surface area contributed by atoms with E-state index in [1.807, 2.05) is 11.7 Å². The molecule has 1 aliphatic heterocycles. The van der Waals surface area contributed by atoms with Gasteiger partial charge in [0.1, 0.15) is 0 Å². The number of hydrogen-bond donors (Lipinski definition) is 1. The largest absolute Gasteiger partial charge is 0.316 e. The third-order valence-corrected chi connectivity index (χ3v) is 3.51. The molecule has 0 unspecified atom stereocenters. The molecule has 3 nitrogen and oxygen atoms in total. The number of hydrogen-bond acceptors (Lipinski definition) is 2. The Hall–Kier alpha value is -0.830. The van der Waals surface area contributed by atoms with Crippen molar-refractivity contribution in [2.75, 3.05) is 13.1 Å². The molecule has 0 aromatic carbocycles. The summed E-state index contributed by atoms with van der Waals surface area (Å²) in [5.74, 6) is 1.41. The van der Waals surface area contributed by atoms with Crippen LogP contribution < -0.4 is 5.32 Å². The Balaban J connectivity index is 2.15. The SMILES string of the molecule is CCC[C@@H]1CNC[C@H]1c1cc(C)n(C)n1. The maximum Gasteiger partial charge on any atom is 0.0674 e. The molecule has 0 amide bonds. The first-order valence-electron chi connectivity index (χ1n) is 5.93. The van der Waals surface area contributed by atoms with Crippen LogP contribution in [0, 0.1) is 12.8 Å². The van der Waals surface area contributed by atoms with Gasteiger partial charge in [0.05, 0.1) is 5.69 Å². The summed E-state index contributed by atoms with van der Waals surface area (Å²) < 4.78 is 1.98. The average Bonchev–Trinajstić information content (AvgIpc) is 2.76. The van der Waals surface area contributed by atoms with Crippen LogP contribution in [-0.2, 0) is 7.05 Å². The van der Waals surface area contributed by atoms with Crippen LogP contribution in [0.1, 0.15) is 37.1 Å². The van der Waals surface area contributed by atoms with Crippen molar-refractivity contribution in [1.82, 2.24) is 15.1 Å². The van der Waals surface area contributed by atoms with Gasteiger partial charge in [-0.15, -0.1) is 0 Å². The Labute approximate surface area is 91.9 Å². The molecule has 1 aromatic rings. The Morgan fingerprint density at radius 3 is 2.93 bits per heavy atom. The highest BCUT2D eigenvalue weighted by Crippen LogP contribution is 2.30. The lowest BCUT2D eigenvalue weighted by molar-refractivity contribution is 0.463. The van der Waals surface area contributed by atoms with Crippen molar-refractivity contribution >= 4 is 0 Å². The van der Waals surface area contributed by atoms with Crippen molar-refractivity contribution < 1.29 is 0 Å². The zero-order chi connectivity index (χ0) is 10.8. The zero-order valence-corrected chi connectivity index (χ0v) is 9.95. The van der Waals surface area contributed by atoms with Crippen LogP contribution in [0.15, 0.2) is 6.07 Å². The molecule has 1 N–H and O–H groups in total. The van der Waals surface area contributed by atoms with E-state index in [-0.39, 0.29) is 0 Å². The quantitative estimate of drug-likeness (QED) is 0.819. The third kappa shape index (κ3) is 2.07. The first-order chi connectivity index (χ1) is 7.22. The molecule has 0 bridgehead atoms. The van der Waals surface area contributed by atoms with Gasteiger partial charge < -0.3 is 5.32 Å². The highest BCUT2D eigenvalue weighted by Gasteiger charge is 2.29. The van der Waals surface area contributed by atoms with Gasteiger partial charge in [0.15, 0.2) is 0 Å². The first-order valence-corrected chi connectivity index (χ1v) is 5.93. The molecule has 0 spiro atoms. The molecule has 1 aliphatic rings. The minimum absolute atomic E-state index is 0.629. The Kier molecular flexibility index (Phi) is 3.10. The summed E-state index contributed by atoms with van der Waals surface area (Å²) in [6.07, 6.45) is 2.59. The highest BCUT2D eigenvalue weighted by atomic mass is 15.3. The molecule has 0 radical (unpaired) electrons. The van der Waals surface area contributed by atoms with Gasteiger partial charge in [0.2, 0.25) is 0 Å². The maximum atomic E-state index is 4.60. The summed E-state index contributed by atoms with van der Waals surface area (Å²) in [5, 5.41) is 8.09. The monoisotopic (exact) mass is 207 g/mol. The fourth-order valence-electron chi connectivity index (χ4n) is 2.52. The number of aromatic nitrogens is 2. The lowest BCUT2D eigenvalue weighted by Gasteiger charge is -2.15.